The molecule has 0 aliphatic heterocycles. The number of nitrogens with one attached hydrogen (secondary N) is 3. The first-order valence-electron chi connectivity index (χ1n) is 8.46. The van der Waals surface area contributed by atoms with Crippen molar-refractivity contribution in [2.24, 2.45) is 0 Å². The number of hydrogen-bond acceptors (Lipinski definition) is 8. The molecule has 9 heteroatoms. The lowest BCUT2D eigenvalue weighted by atomic mass is 10.1. The monoisotopic (exact) mass is 400 g/mol. The van der Waals surface area contributed by atoms with Gasteiger partial charge >= 0.3 is 0 Å². The fourth-order valence-corrected chi connectivity index (χ4v) is 2.85. The number of benzene rings is 2. The van der Waals surface area contributed by atoms with E-state index in [-0.39, 0.29) is 18.5 Å². The molecular formula is C19H19FN5O2S-. The highest BCUT2D eigenvalue weighted by molar-refractivity contribution is 7.73. The van der Waals surface area contributed by atoms with Crippen LogP contribution in [-0.4, -0.2) is 27.7 Å². The van der Waals surface area contributed by atoms with Crippen molar-refractivity contribution in [2.45, 2.75) is 17.9 Å². The van der Waals surface area contributed by atoms with Crippen LogP contribution < -0.4 is 10.6 Å². The summed E-state index contributed by atoms with van der Waals surface area (Å²) in [4.78, 5) is 9.19. The highest BCUT2D eigenvalue weighted by atomic mass is 32.2. The van der Waals surface area contributed by atoms with Crippen LogP contribution in [0.5, 0.6) is 0 Å². The van der Waals surface area contributed by atoms with Gasteiger partial charge in [-0.05, 0) is 36.8 Å². The third kappa shape index (κ3) is 4.81. The number of aliphatic hydroxyl groups excluding tert-OH is 1. The topological polar surface area (TPSA) is 111 Å². The summed E-state index contributed by atoms with van der Waals surface area (Å²) in [5.41, 5.74) is 2.08. The van der Waals surface area contributed by atoms with Crippen molar-refractivity contribution >= 4 is 28.0 Å². The molecule has 0 fully saturated rings. The second-order valence-electron chi connectivity index (χ2n) is 6.11. The lowest BCUT2D eigenvalue weighted by molar-refractivity contribution is 0.281. The molecule has 3 rings (SSSR count). The summed E-state index contributed by atoms with van der Waals surface area (Å²) in [6.45, 7) is 1.73. The van der Waals surface area contributed by atoms with E-state index < -0.39 is 10.6 Å². The van der Waals surface area contributed by atoms with E-state index in [0.717, 1.165) is 5.56 Å². The maximum absolute atomic E-state index is 13.2. The van der Waals surface area contributed by atoms with Crippen molar-refractivity contribution < 1.29 is 13.7 Å². The highest BCUT2D eigenvalue weighted by Gasteiger charge is 2.12. The van der Waals surface area contributed by atoms with Crippen LogP contribution in [0.3, 0.4) is 0 Å². The number of halogens is 1. The summed E-state index contributed by atoms with van der Waals surface area (Å²) in [6.07, 6.45) is 1.61. The molecule has 1 heterocycles. The first kappa shape index (κ1) is 19.7. The second-order valence-corrected chi connectivity index (χ2v) is 7.12. The zero-order valence-electron chi connectivity index (χ0n) is 15.0. The Bertz CT molecular complexity index is 1020. The number of aliphatic hydroxyl groups is 1. The predicted molar refractivity (Wildman–Crippen MR) is 106 cm³/mol. The van der Waals surface area contributed by atoms with Crippen LogP contribution >= 0.6 is 0 Å². The van der Waals surface area contributed by atoms with Gasteiger partial charge in [0.2, 0.25) is 5.95 Å². The summed E-state index contributed by atoms with van der Waals surface area (Å²) in [7, 11) is -1.79. The van der Waals surface area contributed by atoms with Gasteiger partial charge in [0, 0.05) is 23.5 Å². The van der Waals surface area contributed by atoms with E-state index in [0.29, 0.717) is 27.9 Å². The van der Waals surface area contributed by atoms with Gasteiger partial charge < -0.3 is 24.7 Å². The zero-order chi connectivity index (χ0) is 20.1. The fourth-order valence-electron chi connectivity index (χ4n) is 2.46. The molecular weight excluding hydrogens is 381 g/mol. The SMILES string of the molecule is C[C@H](CO)Nc1nc(Nc2ccc([S-](=N)=O)cc2)ncc1-c1ccc(F)cc1. The smallest absolute Gasteiger partial charge is 0.229 e. The minimum Gasteiger partial charge on any atom is -0.440 e. The molecule has 0 aliphatic rings. The van der Waals surface area contributed by atoms with Crippen LogP contribution in [0.15, 0.2) is 59.6 Å². The Morgan fingerprint density at radius 3 is 2.46 bits per heavy atom. The van der Waals surface area contributed by atoms with E-state index in [2.05, 4.69) is 20.6 Å². The minimum atomic E-state index is -1.79. The van der Waals surface area contributed by atoms with Crippen molar-refractivity contribution in [1.29, 1.82) is 4.78 Å². The van der Waals surface area contributed by atoms with Crippen LogP contribution in [0.1, 0.15) is 6.92 Å². The number of aromatic nitrogens is 2. The van der Waals surface area contributed by atoms with Crippen molar-refractivity contribution in [2.75, 3.05) is 17.2 Å². The van der Waals surface area contributed by atoms with Gasteiger partial charge in [0.25, 0.3) is 0 Å². The van der Waals surface area contributed by atoms with E-state index in [1.165, 1.54) is 12.1 Å². The number of anilines is 3. The molecule has 3 aromatic rings. The average Bonchev–Trinajstić information content (AvgIpc) is 2.69. The van der Waals surface area contributed by atoms with Gasteiger partial charge in [0.1, 0.15) is 11.6 Å². The highest BCUT2D eigenvalue weighted by Crippen LogP contribution is 2.28. The Hall–Kier alpha value is -3.04. The number of rotatable bonds is 7. The summed E-state index contributed by atoms with van der Waals surface area (Å²) < 4.78 is 31.6. The molecule has 2 aromatic carbocycles. The maximum atomic E-state index is 13.2. The molecule has 0 aliphatic carbocycles. The first-order valence-corrected chi connectivity index (χ1v) is 9.61. The lowest BCUT2D eigenvalue weighted by Crippen LogP contribution is -2.21. The van der Waals surface area contributed by atoms with Crippen molar-refractivity contribution in [3.63, 3.8) is 0 Å². The quantitative estimate of drug-likeness (QED) is 0.448. The van der Waals surface area contributed by atoms with E-state index in [1.54, 1.807) is 42.6 Å². The normalized spacial score (nSPS) is 12.0. The largest absolute Gasteiger partial charge is 0.440 e. The molecule has 1 aromatic heterocycles. The van der Waals surface area contributed by atoms with Gasteiger partial charge in [-0.1, -0.05) is 29.2 Å². The number of nitrogens with zero attached hydrogens (tertiary/aromatic N) is 2. The van der Waals surface area contributed by atoms with Gasteiger partial charge in [-0.25, -0.2) is 9.37 Å². The Morgan fingerprint density at radius 1 is 1.18 bits per heavy atom. The van der Waals surface area contributed by atoms with Crippen LogP contribution in [-0.2, 0) is 14.8 Å². The molecule has 146 valence electrons. The third-order valence-electron chi connectivity index (χ3n) is 3.93. The Balaban J connectivity index is 1.92. The van der Waals surface area contributed by atoms with Gasteiger partial charge in [-0.2, -0.15) is 15.6 Å². The van der Waals surface area contributed by atoms with Crippen LogP contribution in [0.4, 0.5) is 21.8 Å². The minimum absolute atomic E-state index is 0.0820. The van der Waals surface area contributed by atoms with Crippen molar-refractivity contribution in [1.82, 2.24) is 9.97 Å². The summed E-state index contributed by atoms with van der Waals surface area (Å²) >= 11 is 0. The molecule has 0 spiro atoms. The van der Waals surface area contributed by atoms with Crippen molar-refractivity contribution in [3.05, 3.63) is 60.5 Å². The second kappa shape index (κ2) is 8.77. The van der Waals surface area contributed by atoms with E-state index in [1.807, 2.05) is 6.92 Å². The van der Waals surface area contributed by atoms with Gasteiger partial charge in [0.05, 0.1) is 6.61 Å². The summed E-state index contributed by atoms with van der Waals surface area (Å²) in [5, 5.41) is 15.5. The number of hydrogen-bond donors (Lipinski definition) is 4. The molecule has 7 nitrogen and oxygen atoms in total. The van der Waals surface area contributed by atoms with Gasteiger partial charge in [-0.3, -0.25) is 0 Å². The zero-order valence-corrected chi connectivity index (χ0v) is 15.8. The molecule has 28 heavy (non-hydrogen) atoms. The van der Waals surface area contributed by atoms with E-state index in [9.17, 15) is 13.7 Å². The Labute approximate surface area is 163 Å². The maximum Gasteiger partial charge on any atom is 0.229 e. The molecule has 0 radical (unpaired) electrons. The molecule has 0 bridgehead atoms. The summed E-state index contributed by atoms with van der Waals surface area (Å²) in [6, 6.07) is 12.3. The fraction of sp³-hybridized carbons (Fsp3) is 0.158. The molecule has 0 unspecified atom stereocenters. The van der Waals surface area contributed by atoms with E-state index >= 15 is 0 Å². The predicted octanol–water partition coefficient (Wildman–Crippen LogP) is 3.90. The lowest BCUT2D eigenvalue weighted by Gasteiger charge is -2.16. The van der Waals surface area contributed by atoms with Crippen LogP contribution in [0, 0.1) is 10.6 Å². The van der Waals surface area contributed by atoms with Gasteiger partial charge in [0.15, 0.2) is 0 Å². The molecule has 0 saturated heterocycles. The Kier molecular flexibility index (Phi) is 6.17. The molecule has 0 saturated carbocycles. The molecule has 0 amide bonds. The Morgan fingerprint density at radius 2 is 1.86 bits per heavy atom. The average molecular weight is 400 g/mol. The first-order chi connectivity index (χ1) is 13.5. The third-order valence-corrected chi connectivity index (χ3v) is 4.63. The summed E-state index contributed by atoms with van der Waals surface area (Å²) in [5.74, 6) is 0.478. The van der Waals surface area contributed by atoms with Gasteiger partial charge in [-0.15, -0.1) is 0 Å². The standard InChI is InChI=1S/C19H19FN5O2S/c1-12(11-26)23-18-17(13-2-4-14(20)5-3-13)10-22-19(25-18)24-15-6-8-16(9-7-15)28(21)27/h2-10,12,21,26H,11H2,1H3,(H2,22,23,24,25)/q-1/t12-/m1/s1. The molecule has 4 N–H and O–H groups in total. The van der Waals surface area contributed by atoms with Crippen LogP contribution in [0.2, 0.25) is 0 Å². The van der Waals surface area contributed by atoms with Crippen molar-refractivity contribution in [3.8, 4) is 11.1 Å². The molecule has 1 atom stereocenters. The van der Waals surface area contributed by atoms with E-state index in [4.69, 9.17) is 4.78 Å². The van der Waals surface area contributed by atoms with Crippen LogP contribution in [0.25, 0.3) is 11.1 Å².